The number of nitrogens with two attached hydrogens (primary N) is 1. The van der Waals surface area contributed by atoms with Crippen molar-refractivity contribution in [3.63, 3.8) is 0 Å². The van der Waals surface area contributed by atoms with E-state index in [1.54, 1.807) is 0 Å². The molecule has 0 aliphatic carbocycles. The maximum Gasteiger partial charge on any atom is 0.224 e. The third-order valence-corrected chi connectivity index (χ3v) is 3.15. The summed E-state index contributed by atoms with van der Waals surface area (Å²) in [5.41, 5.74) is 5.73. The van der Waals surface area contributed by atoms with Crippen molar-refractivity contribution in [2.75, 3.05) is 6.54 Å². The van der Waals surface area contributed by atoms with Crippen molar-refractivity contribution in [3.05, 3.63) is 0 Å². The van der Waals surface area contributed by atoms with E-state index in [0.717, 1.165) is 13.0 Å². The molecule has 76 valence electrons. The molecule has 0 aromatic carbocycles. The van der Waals surface area contributed by atoms with Crippen LogP contribution in [0.2, 0.25) is 0 Å². The van der Waals surface area contributed by atoms with Gasteiger partial charge in [0, 0.05) is 25.0 Å². The molecule has 0 aromatic heterocycles. The Labute approximate surface area is 80.3 Å². The monoisotopic (exact) mass is 184 g/mol. The fourth-order valence-corrected chi connectivity index (χ4v) is 1.80. The summed E-state index contributed by atoms with van der Waals surface area (Å²) in [5, 5.41) is 0. The predicted octanol–water partition coefficient (Wildman–Crippen LogP) is 0.981. The molecule has 3 nitrogen and oxygen atoms in total. The van der Waals surface area contributed by atoms with Gasteiger partial charge in [-0.25, -0.2) is 0 Å². The first kappa shape index (κ1) is 10.5. The minimum atomic E-state index is 0.0546. The topological polar surface area (TPSA) is 46.3 Å². The van der Waals surface area contributed by atoms with Crippen LogP contribution in [0.5, 0.6) is 0 Å². The number of carbonyl (C=O) groups excluding carboxylic acids is 1. The van der Waals surface area contributed by atoms with Gasteiger partial charge in [-0.3, -0.25) is 4.79 Å². The van der Waals surface area contributed by atoms with Gasteiger partial charge in [0.2, 0.25) is 5.91 Å². The minimum absolute atomic E-state index is 0.0546. The second kappa shape index (κ2) is 4.09. The molecule has 1 aliphatic heterocycles. The zero-order valence-corrected chi connectivity index (χ0v) is 8.79. The maximum absolute atomic E-state index is 11.5. The van der Waals surface area contributed by atoms with Gasteiger partial charge < -0.3 is 10.6 Å². The minimum Gasteiger partial charge on any atom is -0.338 e. The Morgan fingerprint density at radius 1 is 1.62 bits per heavy atom. The number of hydrogen-bond acceptors (Lipinski definition) is 2. The Balaban J connectivity index is 2.56. The third kappa shape index (κ3) is 2.21. The summed E-state index contributed by atoms with van der Waals surface area (Å²) in [5.74, 6) is 0.787. The fraction of sp³-hybridized carbons (Fsp3) is 0.900. The molecule has 3 unspecified atom stereocenters. The number of carbonyl (C=O) groups is 1. The van der Waals surface area contributed by atoms with Gasteiger partial charge in [0.1, 0.15) is 0 Å². The van der Waals surface area contributed by atoms with Crippen molar-refractivity contribution in [1.82, 2.24) is 4.90 Å². The van der Waals surface area contributed by atoms with Crippen LogP contribution in [0.25, 0.3) is 0 Å². The summed E-state index contributed by atoms with van der Waals surface area (Å²) in [6.07, 6.45) is 1.64. The zero-order chi connectivity index (χ0) is 10.0. The van der Waals surface area contributed by atoms with Crippen LogP contribution in [0, 0.1) is 5.92 Å². The van der Waals surface area contributed by atoms with Gasteiger partial charge in [-0.2, -0.15) is 0 Å². The third-order valence-electron chi connectivity index (χ3n) is 3.15. The lowest BCUT2D eigenvalue weighted by Gasteiger charge is -2.29. The van der Waals surface area contributed by atoms with Crippen LogP contribution in [0.15, 0.2) is 0 Å². The molecule has 1 saturated heterocycles. The van der Waals surface area contributed by atoms with Crippen LogP contribution in [-0.4, -0.2) is 29.4 Å². The lowest BCUT2D eigenvalue weighted by atomic mass is 10.00. The van der Waals surface area contributed by atoms with E-state index in [4.69, 9.17) is 5.73 Å². The Kier molecular flexibility index (Phi) is 3.31. The van der Waals surface area contributed by atoms with Gasteiger partial charge >= 0.3 is 0 Å². The van der Waals surface area contributed by atoms with Crippen LogP contribution in [-0.2, 0) is 4.79 Å². The highest BCUT2D eigenvalue weighted by molar-refractivity contribution is 5.79. The Hall–Kier alpha value is -0.570. The smallest absolute Gasteiger partial charge is 0.224 e. The molecule has 0 radical (unpaired) electrons. The molecule has 1 heterocycles. The summed E-state index contributed by atoms with van der Waals surface area (Å²) in [4.78, 5) is 13.4. The van der Waals surface area contributed by atoms with Gasteiger partial charge in [-0.05, 0) is 12.8 Å². The molecule has 0 spiro atoms. The molecule has 13 heavy (non-hydrogen) atoms. The van der Waals surface area contributed by atoms with Crippen LogP contribution >= 0.6 is 0 Å². The summed E-state index contributed by atoms with van der Waals surface area (Å²) in [6, 6.07) is 0.394. The van der Waals surface area contributed by atoms with Crippen LogP contribution in [0.1, 0.15) is 33.6 Å². The largest absolute Gasteiger partial charge is 0.338 e. The van der Waals surface area contributed by atoms with Gasteiger partial charge in [0.25, 0.3) is 0 Å². The number of hydrogen-bond donors (Lipinski definition) is 1. The first-order chi connectivity index (χ1) is 6.06. The number of nitrogens with zero attached hydrogens (tertiary/aromatic N) is 1. The van der Waals surface area contributed by atoms with Gasteiger partial charge in [0.05, 0.1) is 0 Å². The van der Waals surface area contributed by atoms with Crippen LogP contribution in [0.4, 0.5) is 0 Å². The van der Waals surface area contributed by atoms with E-state index in [-0.39, 0.29) is 11.9 Å². The molecule has 0 aromatic rings. The van der Waals surface area contributed by atoms with E-state index >= 15 is 0 Å². The molecule has 1 fully saturated rings. The first-order valence-corrected chi connectivity index (χ1v) is 5.11. The van der Waals surface area contributed by atoms with E-state index in [9.17, 15) is 4.79 Å². The van der Waals surface area contributed by atoms with E-state index in [0.29, 0.717) is 18.4 Å². The van der Waals surface area contributed by atoms with Gasteiger partial charge in [-0.15, -0.1) is 0 Å². The van der Waals surface area contributed by atoms with Crippen LogP contribution in [0.3, 0.4) is 0 Å². The van der Waals surface area contributed by atoms with Gasteiger partial charge in [0.15, 0.2) is 0 Å². The quantitative estimate of drug-likeness (QED) is 0.710. The van der Waals surface area contributed by atoms with E-state index in [1.165, 1.54) is 0 Å². The highest BCUT2D eigenvalue weighted by Gasteiger charge is 2.31. The molecule has 3 heteroatoms. The molecular formula is C10H20N2O. The number of rotatable bonds is 3. The second-order valence-corrected chi connectivity index (χ2v) is 4.14. The molecule has 2 N–H and O–H groups in total. The van der Waals surface area contributed by atoms with Crippen LogP contribution < -0.4 is 5.73 Å². The highest BCUT2D eigenvalue weighted by atomic mass is 16.2. The molecule has 1 aliphatic rings. The van der Waals surface area contributed by atoms with Gasteiger partial charge in [-0.1, -0.05) is 20.3 Å². The van der Waals surface area contributed by atoms with Crippen molar-refractivity contribution in [3.8, 4) is 0 Å². The average molecular weight is 184 g/mol. The summed E-state index contributed by atoms with van der Waals surface area (Å²) >= 11 is 0. The number of amides is 1. The van der Waals surface area contributed by atoms with Crippen molar-refractivity contribution in [2.45, 2.75) is 45.7 Å². The summed E-state index contributed by atoms with van der Waals surface area (Å²) in [6.45, 7) is 7.19. The zero-order valence-electron chi connectivity index (χ0n) is 8.79. The normalized spacial score (nSPS) is 27.8. The fourth-order valence-electron chi connectivity index (χ4n) is 1.80. The summed E-state index contributed by atoms with van der Waals surface area (Å²) in [7, 11) is 0. The van der Waals surface area contributed by atoms with Crippen molar-refractivity contribution < 1.29 is 4.79 Å². The Morgan fingerprint density at radius 2 is 2.23 bits per heavy atom. The lowest BCUT2D eigenvalue weighted by Crippen LogP contribution is -2.39. The molecule has 0 bridgehead atoms. The molecule has 1 rings (SSSR count). The standard InChI is InChI=1S/C10H20N2O/c1-4-7(2)8(3)12-6-9(11)5-10(12)13/h7-9H,4-6,11H2,1-3H3. The summed E-state index contributed by atoms with van der Waals surface area (Å²) < 4.78 is 0. The van der Waals surface area contributed by atoms with Crippen molar-refractivity contribution >= 4 is 5.91 Å². The van der Waals surface area contributed by atoms with E-state index < -0.39 is 0 Å². The average Bonchev–Trinajstić information content (AvgIpc) is 2.42. The number of likely N-dealkylation sites (tertiary alicyclic amines) is 1. The molecule has 3 atom stereocenters. The van der Waals surface area contributed by atoms with E-state index in [1.807, 2.05) is 4.90 Å². The SMILES string of the molecule is CCC(C)C(C)N1CC(N)CC1=O. The maximum atomic E-state index is 11.5. The predicted molar refractivity (Wildman–Crippen MR) is 53.2 cm³/mol. The Morgan fingerprint density at radius 3 is 2.62 bits per heavy atom. The lowest BCUT2D eigenvalue weighted by molar-refractivity contribution is -0.130. The van der Waals surface area contributed by atoms with Crippen molar-refractivity contribution in [1.29, 1.82) is 0 Å². The van der Waals surface area contributed by atoms with Crippen molar-refractivity contribution in [2.24, 2.45) is 11.7 Å². The molecular weight excluding hydrogens is 164 g/mol. The molecule has 0 saturated carbocycles. The molecule has 1 amide bonds. The Bertz CT molecular complexity index is 193. The second-order valence-electron chi connectivity index (χ2n) is 4.14. The first-order valence-electron chi connectivity index (χ1n) is 5.11. The highest BCUT2D eigenvalue weighted by Crippen LogP contribution is 2.19. The van der Waals surface area contributed by atoms with E-state index in [2.05, 4.69) is 20.8 Å².